The molecule has 8 aliphatic rings. The lowest BCUT2D eigenvalue weighted by molar-refractivity contribution is -0.219. The van der Waals surface area contributed by atoms with Crippen molar-refractivity contribution < 1.29 is 102 Å². The van der Waals surface area contributed by atoms with Crippen molar-refractivity contribution in [3.8, 4) is 0 Å². The highest BCUT2D eigenvalue weighted by atomic mass is 19.4. The molecule has 8 fully saturated rings. The molecule has 12 amide bonds. The quantitative estimate of drug-likeness (QED) is 0.209. The Hall–Kier alpha value is -7.00. The maximum atomic E-state index is 15.6. The molecule has 3 N–H and O–H groups in total. The first kappa shape index (κ1) is 86.6. The van der Waals surface area contributed by atoms with Crippen LogP contribution < -0.4 is 16.0 Å². The van der Waals surface area contributed by atoms with Crippen molar-refractivity contribution in [2.24, 2.45) is 35.5 Å². The second kappa shape index (κ2) is 37.3. The predicted octanol–water partition coefficient (Wildman–Crippen LogP) is 5.32. The third-order valence-corrected chi connectivity index (χ3v) is 24.5. The summed E-state index contributed by atoms with van der Waals surface area (Å²) in [4.78, 5) is 192. The highest BCUT2D eigenvalue weighted by molar-refractivity contribution is 6.01. The molecule has 4 saturated heterocycles. The monoisotopic (exact) mass is 1550 g/mol. The Labute approximate surface area is 627 Å². The number of likely N-dealkylation sites (N-methyl/N-ethyl adjacent to an activating group) is 6. The molecule has 2 bridgehead atoms. The Bertz CT molecular complexity index is 3190. The molecule has 12 atom stereocenters. The van der Waals surface area contributed by atoms with Crippen molar-refractivity contribution in [3.63, 3.8) is 0 Å². The molecule has 0 aromatic rings. The molecule has 4 aliphatic heterocycles. The fraction of sp³-hybridized carbons (Fsp3) is 0.838. The average molecular weight is 1550 g/mol. The van der Waals surface area contributed by atoms with Crippen molar-refractivity contribution in [3.05, 3.63) is 0 Å². The summed E-state index contributed by atoms with van der Waals surface area (Å²) in [6.07, 6.45) is -15.9. The topological polar surface area (TPSA) is 289 Å². The van der Waals surface area contributed by atoms with E-state index >= 15 is 37.5 Å². The summed E-state index contributed by atoms with van der Waals surface area (Å²) < 4.78 is 127. The minimum atomic E-state index is -5.22. The zero-order chi connectivity index (χ0) is 79.6. The van der Waals surface area contributed by atoms with Crippen LogP contribution in [-0.2, 0) is 67.0 Å². The van der Waals surface area contributed by atoms with Gasteiger partial charge in [0.1, 0.15) is 72.1 Å². The van der Waals surface area contributed by atoms with E-state index in [9.17, 15) is 55.1 Å². The third kappa shape index (κ3) is 20.4. The number of hydrogen-bond donors (Lipinski definition) is 3. The zero-order valence-corrected chi connectivity index (χ0v) is 64.2. The van der Waals surface area contributed by atoms with E-state index in [1.807, 2.05) is 0 Å². The molecule has 8 rings (SSSR count). The summed E-state index contributed by atoms with van der Waals surface area (Å²) in [5.74, 6) is -16.6. The lowest BCUT2D eigenvalue weighted by Crippen LogP contribution is -2.68. The lowest BCUT2D eigenvalue weighted by Gasteiger charge is -2.47. The summed E-state index contributed by atoms with van der Waals surface area (Å²) in [5, 5.41) is 8.38. The molecule has 4 saturated carbocycles. The van der Waals surface area contributed by atoms with E-state index in [2.05, 4.69) is 16.0 Å². The van der Waals surface area contributed by atoms with E-state index in [0.29, 0.717) is 44.9 Å². The maximum Gasteiger partial charge on any atom is 0.397 e. The largest absolute Gasteiger partial charge is 0.397 e. The van der Waals surface area contributed by atoms with Crippen LogP contribution in [0.15, 0.2) is 0 Å². The van der Waals surface area contributed by atoms with Gasteiger partial charge in [-0.3, -0.25) is 57.5 Å². The van der Waals surface area contributed by atoms with Crippen molar-refractivity contribution in [2.45, 2.75) is 260 Å². The van der Waals surface area contributed by atoms with E-state index in [-0.39, 0.29) is 123 Å². The van der Waals surface area contributed by atoms with Crippen LogP contribution in [0, 0.1) is 35.5 Å². The standard InChI is InChI=1S/C74H114F8N12O14/c1-11-43(4)61-69(104)87(6)42-59(97)89(8)53-21-16-17-30-93(68(53)103)56(37-44-22-25-47(26-23-44)73(77,78)79)66(101)86(5)41-57(95)83-51(27-24-45-35-49(75)60(50(76)36-45)74(80,81)82)65(100)94-40-48(108-13-3)38-54(94)64(99)85-72(28-18-29-72)71(106)91(10)62(46-19-14-15-20-46)70(105)90(9)55(67(102)92-31-33-107-34-32-92)39-58(96)88(7)52(12-2)63(98)84-61/h43-56,60-62H,11-42H2,1-10H3,(H,83,95)(H,84,98)(H,85,99)/t43-,44?,45?,47?,48+,49?,50?,51-,52-,53-,54-,55-,56-,60?,61-,62-/m0/s1. The van der Waals surface area contributed by atoms with Gasteiger partial charge in [-0.25, -0.2) is 8.78 Å². The van der Waals surface area contributed by atoms with Gasteiger partial charge in [0.2, 0.25) is 70.9 Å². The smallest absolute Gasteiger partial charge is 0.378 e. The summed E-state index contributed by atoms with van der Waals surface area (Å²) in [6, 6.07) is -11.2. The van der Waals surface area contributed by atoms with Gasteiger partial charge in [0.05, 0.1) is 44.7 Å². The van der Waals surface area contributed by atoms with Gasteiger partial charge in [0, 0.05) is 81.5 Å². The summed E-state index contributed by atoms with van der Waals surface area (Å²) in [5.41, 5.74) is -1.69. The van der Waals surface area contributed by atoms with Crippen molar-refractivity contribution in [2.75, 3.05) is 101 Å². The molecule has 26 nitrogen and oxygen atoms in total. The molecule has 4 heterocycles. The Kier molecular flexibility index (Phi) is 29.9. The second-order valence-corrected chi connectivity index (χ2v) is 31.6. The molecule has 1 spiro atoms. The second-order valence-electron chi connectivity index (χ2n) is 31.6. The van der Waals surface area contributed by atoms with Gasteiger partial charge >= 0.3 is 12.4 Å². The fourth-order valence-electron chi connectivity index (χ4n) is 17.6. The number of halogens is 8. The van der Waals surface area contributed by atoms with Gasteiger partial charge in [-0.2, -0.15) is 26.3 Å². The number of ether oxygens (including phenoxy) is 2. The van der Waals surface area contributed by atoms with E-state index in [1.165, 1.54) is 57.0 Å². The average Bonchev–Trinajstić information content (AvgIpc) is 1.09. The number of nitrogens with zero attached hydrogens (tertiary/aromatic N) is 9. The zero-order valence-electron chi connectivity index (χ0n) is 64.2. The van der Waals surface area contributed by atoms with Crippen molar-refractivity contribution >= 4 is 70.9 Å². The number of carbonyl (C=O) groups excluding carboxylic acids is 12. The Morgan fingerprint density at radius 1 is 0.602 bits per heavy atom. The van der Waals surface area contributed by atoms with Crippen LogP contribution in [0.4, 0.5) is 35.1 Å². The van der Waals surface area contributed by atoms with Crippen molar-refractivity contribution in [1.29, 1.82) is 0 Å². The highest BCUT2D eigenvalue weighted by Gasteiger charge is 2.56. The van der Waals surface area contributed by atoms with Crippen LogP contribution >= 0.6 is 0 Å². The number of fused-ring (bicyclic) bond motifs is 3. The van der Waals surface area contributed by atoms with Crippen LogP contribution in [0.25, 0.3) is 0 Å². The number of hydrogen-bond acceptors (Lipinski definition) is 14. The molecule has 0 radical (unpaired) electrons. The molecular formula is C74H114F8N12O14. The molecular weight excluding hydrogens is 1430 g/mol. The maximum absolute atomic E-state index is 15.6. The van der Waals surface area contributed by atoms with Crippen LogP contribution in [0.1, 0.15) is 175 Å². The van der Waals surface area contributed by atoms with Crippen LogP contribution in [0.3, 0.4) is 0 Å². The number of nitrogens with one attached hydrogen (secondary N) is 3. The molecule has 0 aromatic heterocycles. The predicted molar refractivity (Wildman–Crippen MR) is 376 cm³/mol. The molecule has 34 heteroatoms. The van der Waals surface area contributed by atoms with Gasteiger partial charge in [-0.05, 0) is 146 Å². The lowest BCUT2D eigenvalue weighted by atomic mass is 9.74. The minimum absolute atomic E-state index is 0.00131. The Morgan fingerprint density at radius 2 is 1.22 bits per heavy atom. The molecule has 0 aromatic carbocycles. The molecule has 4 aliphatic carbocycles. The first-order valence-corrected chi connectivity index (χ1v) is 38.9. The summed E-state index contributed by atoms with van der Waals surface area (Å²) >= 11 is 0. The van der Waals surface area contributed by atoms with Crippen LogP contribution in [0.2, 0.25) is 0 Å². The first-order chi connectivity index (χ1) is 50.9. The number of rotatable bonds is 12. The van der Waals surface area contributed by atoms with Crippen LogP contribution in [0.5, 0.6) is 0 Å². The van der Waals surface area contributed by atoms with E-state index < -0.39 is 230 Å². The minimum Gasteiger partial charge on any atom is -0.378 e. The van der Waals surface area contributed by atoms with Crippen molar-refractivity contribution in [1.82, 2.24) is 60.0 Å². The molecule has 108 heavy (non-hydrogen) atoms. The summed E-state index contributed by atoms with van der Waals surface area (Å²) in [6.45, 7) is 5.51. The van der Waals surface area contributed by atoms with Gasteiger partial charge in [-0.15, -0.1) is 0 Å². The Morgan fingerprint density at radius 3 is 1.80 bits per heavy atom. The molecule has 2 unspecified atom stereocenters. The number of carbonyl (C=O) groups is 12. The number of amides is 12. The number of morpholine rings is 1. The Balaban J connectivity index is 1.19. The third-order valence-electron chi connectivity index (χ3n) is 24.5. The number of alkyl halides is 8. The van der Waals surface area contributed by atoms with Gasteiger partial charge < -0.3 is 69.5 Å². The van der Waals surface area contributed by atoms with E-state index in [0.717, 1.165) is 29.4 Å². The normalized spacial score (nSPS) is 32.6. The SMILES string of the molecule is CCO[C@@H]1C[C@H]2C(=O)NC3(CCC3)C(=O)N(C)[C@@H](C3CCCC3)C(=O)N(C)[C@H](C(=O)N3CCOCC3)CC(=O)N(C)[C@@H](CC)C(=O)N[C@@H]([C@@H](C)CC)C(=O)N(C)CC(=O)N(C)[C@H]3CCCCN(C3=O)[C@@H](CC3CCC(C(F)(F)F)CC3)C(=O)N(C)CC(=O)N[C@@H](CCC3CC(F)C(C(F)(F)F)C(F)C3)C(=O)N2C1. The molecule has 610 valence electrons. The first-order valence-electron chi connectivity index (χ1n) is 38.9. The van der Waals surface area contributed by atoms with Gasteiger partial charge in [-0.1, -0.05) is 40.0 Å². The fourth-order valence-corrected chi connectivity index (χ4v) is 17.6. The summed E-state index contributed by atoms with van der Waals surface area (Å²) in [7, 11) is 8.03. The van der Waals surface area contributed by atoms with Gasteiger partial charge in [0.15, 0.2) is 0 Å². The van der Waals surface area contributed by atoms with Gasteiger partial charge in [0.25, 0.3) is 0 Å². The van der Waals surface area contributed by atoms with E-state index in [4.69, 9.17) is 9.47 Å². The van der Waals surface area contributed by atoms with Crippen LogP contribution in [-0.4, -0.2) is 301 Å². The van der Waals surface area contributed by atoms with E-state index in [1.54, 1.807) is 27.7 Å². The highest BCUT2D eigenvalue weighted by Crippen LogP contribution is 2.46.